The number of nitrogens with zero attached hydrogens (tertiary/aromatic N) is 3. The molecule has 0 amide bonds. The first-order chi connectivity index (χ1) is 19.1. The normalized spacial score (nSPS) is 16.6. The summed E-state index contributed by atoms with van der Waals surface area (Å²) in [5.74, 6) is 2.35. The van der Waals surface area contributed by atoms with Crippen molar-refractivity contribution in [3.63, 3.8) is 0 Å². The van der Waals surface area contributed by atoms with Gasteiger partial charge in [-0.05, 0) is 67.1 Å². The van der Waals surface area contributed by atoms with Crippen LogP contribution < -0.4 is 14.7 Å². The molecule has 5 rings (SSSR count). The minimum Gasteiger partial charge on any atom is -0.451 e. The van der Waals surface area contributed by atoms with Crippen molar-refractivity contribution in [2.75, 3.05) is 11.9 Å². The molecular weight excluding hydrogens is 537 g/mol. The first kappa shape index (κ1) is 27.5. The molecule has 0 N–H and O–H groups in total. The van der Waals surface area contributed by atoms with Crippen molar-refractivity contribution in [1.82, 2.24) is 0 Å². The maximum absolute atomic E-state index is 14.0. The lowest BCUT2D eigenvalue weighted by Gasteiger charge is -2.29. The van der Waals surface area contributed by atoms with Crippen molar-refractivity contribution in [1.29, 1.82) is 5.26 Å². The number of rotatable bonds is 6. The lowest BCUT2D eigenvalue weighted by Crippen LogP contribution is -2.24. The second kappa shape index (κ2) is 10.5. The number of sulfonamides is 1. The van der Waals surface area contributed by atoms with Crippen LogP contribution in [-0.4, -0.2) is 15.5 Å². The lowest BCUT2D eigenvalue weighted by atomic mass is 9.84. The number of aryl methyl sites for hydroxylation is 1. The number of benzene rings is 4. The Bertz CT molecular complexity index is 1790. The van der Waals surface area contributed by atoms with Crippen LogP contribution in [0.2, 0.25) is 0 Å². The van der Waals surface area contributed by atoms with E-state index in [0.29, 0.717) is 16.6 Å². The summed E-state index contributed by atoms with van der Waals surface area (Å²) in [6.07, 6.45) is 0. The summed E-state index contributed by atoms with van der Waals surface area (Å²) in [7, 11) is -5.60. The average molecular weight is 568 g/mol. The molecular formula is C32H30N3O3PS. The van der Waals surface area contributed by atoms with Gasteiger partial charge in [0.2, 0.25) is 7.28 Å². The van der Waals surface area contributed by atoms with Crippen molar-refractivity contribution in [3.05, 3.63) is 131 Å². The summed E-state index contributed by atoms with van der Waals surface area (Å²) >= 11 is 0. The van der Waals surface area contributed by atoms with E-state index < -0.39 is 22.7 Å². The average Bonchev–Trinajstić information content (AvgIpc) is 3.14. The molecule has 0 aromatic heterocycles. The molecule has 1 atom stereocenters. The molecule has 8 heteroatoms. The first-order valence-corrected chi connectivity index (χ1v) is 16.0. The molecule has 0 saturated heterocycles. The number of para-hydroxylation sites is 1. The van der Waals surface area contributed by atoms with Gasteiger partial charge < -0.3 is 9.42 Å². The minimum absolute atomic E-state index is 0.0996. The fourth-order valence-corrected chi connectivity index (χ4v) is 9.96. The Morgan fingerprint density at radius 1 is 0.900 bits per heavy atom. The van der Waals surface area contributed by atoms with Gasteiger partial charge in [0.05, 0.1) is 16.5 Å². The van der Waals surface area contributed by atoms with Gasteiger partial charge in [-0.25, -0.2) is 0 Å². The van der Waals surface area contributed by atoms with Gasteiger partial charge in [-0.2, -0.15) is 13.7 Å². The predicted octanol–water partition coefficient (Wildman–Crippen LogP) is 7.35. The Kier molecular flexibility index (Phi) is 7.18. The van der Waals surface area contributed by atoms with E-state index in [9.17, 15) is 13.7 Å². The summed E-state index contributed by atoms with van der Waals surface area (Å²) in [6.45, 7) is 6.15. The van der Waals surface area contributed by atoms with Gasteiger partial charge in [0, 0.05) is 35.0 Å². The molecule has 1 aliphatic heterocycles. The number of hydrogen-bond acceptors (Lipinski definition) is 5. The molecule has 1 aliphatic rings. The van der Waals surface area contributed by atoms with Crippen LogP contribution in [0.1, 0.15) is 30.5 Å². The molecule has 0 saturated carbocycles. The summed E-state index contributed by atoms with van der Waals surface area (Å²) in [5.41, 5.74) is 4.06. The zero-order valence-electron chi connectivity index (χ0n) is 22.8. The Balaban J connectivity index is 1.83. The second-order valence-corrected chi connectivity index (χ2v) is 14.5. The number of anilines is 1. The smallest absolute Gasteiger partial charge is 0.284 e. The fraction of sp³-hybridized carbons (Fsp3) is 0.156. The molecule has 0 unspecified atom stereocenters. The van der Waals surface area contributed by atoms with Crippen LogP contribution in [0.25, 0.3) is 0 Å². The van der Waals surface area contributed by atoms with E-state index in [1.807, 2.05) is 62.3 Å². The van der Waals surface area contributed by atoms with Crippen molar-refractivity contribution >= 4 is 28.3 Å². The highest BCUT2D eigenvalue weighted by molar-refractivity contribution is 7.95. The fourth-order valence-electron chi connectivity index (χ4n) is 4.95. The third-order valence-corrected chi connectivity index (χ3v) is 12.0. The van der Waals surface area contributed by atoms with E-state index in [1.54, 1.807) is 48.5 Å². The maximum atomic E-state index is 14.0. The molecule has 6 nitrogen and oxygen atoms in total. The van der Waals surface area contributed by atoms with Crippen LogP contribution in [0.4, 0.5) is 5.69 Å². The third-order valence-electron chi connectivity index (χ3n) is 7.14. The zero-order chi connectivity index (χ0) is 28.5. The van der Waals surface area contributed by atoms with Crippen molar-refractivity contribution < 1.29 is 12.9 Å². The zero-order valence-corrected chi connectivity index (χ0v) is 24.5. The van der Waals surface area contributed by atoms with E-state index in [1.165, 1.54) is 0 Å². The van der Waals surface area contributed by atoms with Crippen LogP contribution in [0.15, 0.2) is 124 Å². The van der Waals surface area contributed by atoms with Gasteiger partial charge in [-0.3, -0.25) is 0 Å². The van der Waals surface area contributed by atoms with Crippen molar-refractivity contribution in [2.45, 2.75) is 31.1 Å². The number of hydrogen-bond donors (Lipinski definition) is 0. The Labute approximate surface area is 236 Å². The van der Waals surface area contributed by atoms with E-state index in [0.717, 1.165) is 22.5 Å². The second-order valence-electron chi connectivity index (χ2n) is 10.3. The van der Waals surface area contributed by atoms with Crippen LogP contribution in [-0.2, 0) is 15.4 Å². The highest BCUT2D eigenvalue weighted by atomic mass is 32.2. The van der Waals surface area contributed by atoms with Gasteiger partial charge >= 0.3 is 0 Å². The van der Waals surface area contributed by atoms with E-state index in [2.05, 4.69) is 41.1 Å². The summed E-state index contributed by atoms with van der Waals surface area (Å²) < 4.78 is 39.3. The molecule has 202 valence electrons. The van der Waals surface area contributed by atoms with Crippen LogP contribution >= 0.6 is 7.28 Å². The Morgan fingerprint density at radius 2 is 1.52 bits per heavy atom. The molecule has 4 aromatic rings. The number of nitriles is 1. The Morgan fingerprint density at radius 3 is 2.15 bits per heavy atom. The van der Waals surface area contributed by atoms with Gasteiger partial charge in [0.15, 0.2) is 0 Å². The molecule has 0 radical (unpaired) electrons. The number of allylic oxidation sites excluding steroid dienone is 1. The largest absolute Gasteiger partial charge is 0.451 e. The van der Waals surface area contributed by atoms with Crippen LogP contribution in [0.3, 0.4) is 0 Å². The molecule has 0 fully saturated rings. The first-order valence-electron chi connectivity index (χ1n) is 12.8. The summed E-state index contributed by atoms with van der Waals surface area (Å²) in [6, 6.07) is 32.9. The van der Waals surface area contributed by atoms with E-state index in [4.69, 9.17) is 4.52 Å². The van der Waals surface area contributed by atoms with E-state index in [-0.39, 0.29) is 4.90 Å². The summed E-state index contributed by atoms with van der Waals surface area (Å²) in [4.78, 5) is 2.19. The van der Waals surface area contributed by atoms with Gasteiger partial charge in [0.25, 0.3) is 10.0 Å². The van der Waals surface area contributed by atoms with Gasteiger partial charge in [-0.1, -0.05) is 67.9 Å². The van der Waals surface area contributed by atoms with E-state index >= 15 is 0 Å². The molecule has 0 aliphatic carbocycles. The minimum atomic E-state index is -4.15. The highest BCUT2D eigenvalue weighted by Gasteiger charge is 2.41. The maximum Gasteiger partial charge on any atom is 0.284 e. The molecule has 4 aromatic carbocycles. The molecule has 1 heterocycles. The number of likely N-dealkylation sites (N-methyl/N-ethyl adjacent to an activating group) is 1. The molecule has 40 heavy (non-hydrogen) atoms. The van der Waals surface area contributed by atoms with Crippen LogP contribution in [0.5, 0.6) is 5.75 Å². The van der Waals surface area contributed by atoms with Crippen molar-refractivity contribution in [2.24, 2.45) is 4.15 Å². The van der Waals surface area contributed by atoms with Gasteiger partial charge in [-0.15, -0.1) is 4.15 Å². The summed E-state index contributed by atoms with van der Waals surface area (Å²) in [5, 5.41) is 9.96. The van der Waals surface area contributed by atoms with Gasteiger partial charge in [0.1, 0.15) is 5.75 Å². The Hall–Kier alpha value is -4.11. The molecule has 0 bridgehead atoms. The molecule has 0 spiro atoms. The highest BCUT2D eigenvalue weighted by Crippen LogP contribution is 2.58. The monoisotopic (exact) mass is 567 g/mol. The SMILES string of the molecule is Cc1ccc(S(=O)(=O)N=[P@](/C=C2/N(C)c3ccccc3C2(C)C)(Oc2ccc(C#N)cc2)c2ccccc2)cc1. The third kappa shape index (κ3) is 5.09. The lowest BCUT2D eigenvalue weighted by molar-refractivity contribution is 0.593. The number of fused-ring (bicyclic) bond motifs is 1. The topological polar surface area (TPSA) is 82.8 Å². The van der Waals surface area contributed by atoms with Crippen LogP contribution in [0, 0.1) is 18.3 Å². The quantitative estimate of drug-likeness (QED) is 0.228. The van der Waals surface area contributed by atoms with Crippen molar-refractivity contribution in [3.8, 4) is 11.8 Å². The standard InChI is InChI=1S/C32H30N3O3PS/c1-24-14-20-28(21-15-24)40(36,37)34-39(27-10-6-5-7-11-27,38-26-18-16-25(22-33)17-19-26)23-31-32(2,3)29-12-8-9-13-30(29)35(31)4/h5-21,23H,1-4H3/b31-23+/t39-/m1/s1. The predicted molar refractivity (Wildman–Crippen MR) is 162 cm³/mol.